The second-order valence-electron chi connectivity index (χ2n) is 7.88. The first-order valence-corrected chi connectivity index (χ1v) is 10.4. The Balaban J connectivity index is 1.65. The Hall–Kier alpha value is -3.62. The van der Waals surface area contributed by atoms with E-state index in [4.69, 9.17) is 5.73 Å². The molecule has 2 aromatic heterocycles. The zero-order chi connectivity index (χ0) is 23.0. The van der Waals surface area contributed by atoms with Gasteiger partial charge in [-0.3, -0.25) is 19.4 Å². The van der Waals surface area contributed by atoms with Gasteiger partial charge in [-0.15, -0.1) is 0 Å². The SMILES string of the molecule is CC(=O)c1cn(C2CC2)c2c(F)c(NCCCC(=O)c3ccccn3)c(F)c(N)c2c1=O. The lowest BCUT2D eigenvalue weighted by Gasteiger charge is -2.18. The predicted molar refractivity (Wildman–Crippen MR) is 117 cm³/mol. The molecule has 1 saturated carbocycles. The topological polar surface area (TPSA) is 107 Å². The lowest BCUT2D eigenvalue weighted by atomic mass is 10.0. The van der Waals surface area contributed by atoms with Gasteiger partial charge in [0.1, 0.15) is 11.4 Å². The molecule has 1 aliphatic carbocycles. The minimum Gasteiger partial charge on any atom is -0.396 e. The molecule has 0 spiro atoms. The van der Waals surface area contributed by atoms with Crippen molar-refractivity contribution in [2.24, 2.45) is 0 Å². The normalized spacial score (nSPS) is 13.3. The summed E-state index contributed by atoms with van der Waals surface area (Å²) in [4.78, 5) is 40.8. The number of carbonyl (C=O) groups is 2. The lowest BCUT2D eigenvalue weighted by Crippen LogP contribution is -2.21. The van der Waals surface area contributed by atoms with Crippen molar-refractivity contribution in [3.8, 4) is 0 Å². The fourth-order valence-electron chi connectivity index (χ4n) is 3.73. The predicted octanol–water partition coefficient (Wildman–Crippen LogP) is 3.87. The quantitative estimate of drug-likeness (QED) is 0.313. The third-order valence-electron chi connectivity index (χ3n) is 5.54. The average molecular weight is 440 g/mol. The van der Waals surface area contributed by atoms with E-state index < -0.39 is 34.2 Å². The Bertz CT molecular complexity index is 1280. The molecular weight excluding hydrogens is 418 g/mol. The maximum absolute atomic E-state index is 15.4. The second kappa shape index (κ2) is 8.49. The molecule has 0 aliphatic heterocycles. The number of fused-ring (bicyclic) bond motifs is 1. The fourth-order valence-corrected chi connectivity index (χ4v) is 3.73. The molecule has 4 rings (SSSR count). The number of carbonyl (C=O) groups excluding carboxylic acids is 2. The maximum Gasteiger partial charge on any atom is 0.202 e. The molecule has 0 radical (unpaired) electrons. The van der Waals surface area contributed by atoms with Crippen molar-refractivity contribution in [3.63, 3.8) is 0 Å². The molecule has 1 aliphatic rings. The highest BCUT2D eigenvalue weighted by atomic mass is 19.1. The van der Waals surface area contributed by atoms with Gasteiger partial charge in [0.05, 0.1) is 22.2 Å². The van der Waals surface area contributed by atoms with Gasteiger partial charge < -0.3 is 15.6 Å². The monoisotopic (exact) mass is 440 g/mol. The van der Waals surface area contributed by atoms with Gasteiger partial charge in [-0.25, -0.2) is 8.78 Å². The van der Waals surface area contributed by atoms with E-state index in [0.29, 0.717) is 12.1 Å². The molecule has 1 aromatic carbocycles. The molecule has 0 saturated heterocycles. The van der Waals surface area contributed by atoms with Crippen LogP contribution in [0, 0.1) is 11.6 Å². The summed E-state index contributed by atoms with van der Waals surface area (Å²) in [6.45, 7) is 1.33. The zero-order valence-corrected chi connectivity index (χ0v) is 17.5. The van der Waals surface area contributed by atoms with Crippen LogP contribution in [0.3, 0.4) is 0 Å². The van der Waals surface area contributed by atoms with Crippen LogP contribution in [0.15, 0.2) is 35.4 Å². The van der Waals surface area contributed by atoms with E-state index in [-0.39, 0.29) is 41.3 Å². The van der Waals surface area contributed by atoms with Crippen LogP contribution >= 0.6 is 0 Å². The van der Waals surface area contributed by atoms with Crippen LogP contribution in [-0.2, 0) is 0 Å². The van der Waals surface area contributed by atoms with Crippen molar-refractivity contribution in [1.82, 2.24) is 9.55 Å². The molecule has 32 heavy (non-hydrogen) atoms. The van der Waals surface area contributed by atoms with E-state index in [1.807, 2.05) is 0 Å². The number of hydrogen-bond donors (Lipinski definition) is 2. The van der Waals surface area contributed by atoms with Crippen molar-refractivity contribution in [3.05, 3.63) is 63.7 Å². The number of nitrogen functional groups attached to an aromatic ring is 1. The van der Waals surface area contributed by atoms with Crippen LogP contribution in [0.5, 0.6) is 0 Å². The average Bonchev–Trinajstić information content (AvgIpc) is 3.62. The molecule has 3 aromatic rings. The Morgan fingerprint density at radius 3 is 2.62 bits per heavy atom. The van der Waals surface area contributed by atoms with Gasteiger partial charge in [0.2, 0.25) is 5.43 Å². The number of aromatic nitrogens is 2. The summed E-state index contributed by atoms with van der Waals surface area (Å²) in [6, 6.07) is 4.93. The third kappa shape index (κ3) is 3.86. The number of hydrogen-bond acceptors (Lipinski definition) is 6. The van der Waals surface area contributed by atoms with Crippen molar-refractivity contribution >= 4 is 33.8 Å². The molecule has 2 heterocycles. The smallest absolute Gasteiger partial charge is 0.202 e. The molecular formula is C23H22F2N4O3. The van der Waals surface area contributed by atoms with Gasteiger partial charge >= 0.3 is 0 Å². The van der Waals surface area contributed by atoms with Gasteiger partial charge in [0, 0.05) is 31.4 Å². The number of nitrogens with one attached hydrogen (secondary N) is 1. The number of rotatable bonds is 8. The highest BCUT2D eigenvalue weighted by Gasteiger charge is 2.31. The molecule has 0 atom stereocenters. The summed E-state index contributed by atoms with van der Waals surface area (Å²) in [5.41, 5.74) is 4.23. The number of nitrogens with two attached hydrogens (primary N) is 1. The summed E-state index contributed by atoms with van der Waals surface area (Å²) >= 11 is 0. The van der Waals surface area contributed by atoms with Gasteiger partial charge in [-0.05, 0) is 38.3 Å². The Morgan fingerprint density at radius 2 is 2.00 bits per heavy atom. The van der Waals surface area contributed by atoms with Gasteiger partial charge in [-0.2, -0.15) is 0 Å². The number of halogens is 2. The molecule has 0 amide bonds. The van der Waals surface area contributed by atoms with Crippen LogP contribution in [0.4, 0.5) is 20.2 Å². The van der Waals surface area contributed by atoms with E-state index in [1.54, 1.807) is 18.2 Å². The van der Waals surface area contributed by atoms with Crippen LogP contribution in [0.2, 0.25) is 0 Å². The van der Waals surface area contributed by atoms with E-state index in [2.05, 4.69) is 10.3 Å². The van der Waals surface area contributed by atoms with Crippen LogP contribution in [0.1, 0.15) is 59.5 Å². The van der Waals surface area contributed by atoms with Crippen molar-refractivity contribution in [2.45, 2.75) is 38.6 Å². The lowest BCUT2D eigenvalue weighted by molar-refractivity contribution is 0.0974. The molecule has 0 bridgehead atoms. The molecule has 7 nitrogen and oxygen atoms in total. The number of Topliss-reactive ketones (excluding diaryl/α,β-unsaturated/α-hetero) is 2. The second-order valence-corrected chi connectivity index (χ2v) is 7.88. The standard InChI is InChI=1S/C23H22F2N4O3/c1-12(30)14-11-29(13-7-8-13)22-17(23(14)32)20(26)18(24)21(19(22)25)28-10-4-6-16(31)15-5-2-3-9-27-15/h2-3,5,9,11,13,28H,4,6-8,10,26H2,1H3. The van der Waals surface area contributed by atoms with Gasteiger partial charge in [0.15, 0.2) is 23.2 Å². The third-order valence-corrected chi connectivity index (χ3v) is 5.54. The summed E-state index contributed by atoms with van der Waals surface area (Å²) in [6.07, 6.45) is 4.82. The minimum absolute atomic E-state index is 0.0839. The van der Waals surface area contributed by atoms with Gasteiger partial charge in [-0.1, -0.05) is 6.07 Å². The number of anilines is 2. The summed E-state index contributed by atoms with van der Waals surface area (Å²) in [5, 5.41) is 2.36. The fraction of sp³-hybridized carbons (Fsp3) is 0.304. The highest BCUT2D eigenvalue weighted by molar-refractivity contribution is 6.01. The molecule has 1 fully saturated rings. The van der Waals surface area contributed by atoms with E-state index in [0.717, 1.165) is 12.8 Å². The van der Waals surface area contributed by atoms with Crippen molar-refractivity contribution in [2.75, 3.05) is 17.6 Å². The van der Waals surface area contributed by atoms with E-state index >= 15 is 4.39 Å². The zero-order valence-electron chi connectivity index (χ0n) is 17.5. The summed E-state index contributed by atoms with van der Waals surface area (Å²) in [7, 11) is 0. The van der Waals surface area contributed by atoms with E-state index in [1.165, 1.54) is 23.9 Å². The summed E-state index contributed by atoms with van der Waals surface area (Å²) in [5.74, 6) is -2.70. The number of benzene rings is 1. The maximum atomic E-state index is 15.4. The summed E-state index contributed by atoms with van der Waals surface area (Å²) < 4.78 is 31.9. The molecule has 0 unspecified atom stereocenters. The first-order chi connectivity index (χ1) is 15.3. The number of nitrogens with zero attached hydrogens (tertiary/aromatic N) is 2. The van der Waals surface area contributed by atoms with Crippen LogP contribution in [-0.4, -0.2) is 27.7 Å². The Morgan fingerprint density at radius 1 is 1.25 bits per heavy atom. The van der Waals surface area contributed by atoms with E-state index in [9.17, 15) is 18.8 Å². The Labute approximate surface area is 182 Å². The highest BCUT2D eigenvalue weighted by Crippen LogP contribution is 2.40. The Kier molecular flexibility index (Phi) is 5.73. The minimum atomic E-state index is -1.09. The number of ketones is 2. The van der Waals surface area contributed by atoms with Crippen molar-refractivity contribution in [1.29, 1.82) is 0 Å². The number of pyridine rings is 2. The molecule has 166 valence electrons. The molecule has 3 N–H and O–H groups in total. The first kappa shape index (κ1) is 21.6. The van der Waals surface area contributed by atoms with Crippen molar-refractivity contribution < 1.29 is 18.4 Å². The largest absolute Gasteiger partial charge is 0.396 e. The van der Waals surface area contributed by atoms with Crippen LogP contribution < -0.4 is 16.5 Å². The van der Waals surface area contributed by atoms with Crippen LogP contribution in [0.25, 0.3) is 10.9 Å². The first-order valence-electron chi connectivity index (χ1n) is 10.4. The molecule has 9 heteroatoms. The van der Waals surface area contributed by atoms with Gasteiger partial charge in [0.25, 0.3) is 0 Å².